The molecule has 2 aromatic carbocycles. The van der Waals surface area contributed by atoms with E-state index in [1.807, 2.05) is 56.3 Å². The molecule has 0 bridgehead atoms. The summed E-state index contributed by atoms with van der Waals surface area (Å²) < 4.78 is 1.66. The van der Waals surface area contributed by atoms with Gasteiger partial charge in [-0.25, -0.2) is 0 Å². The first-order valence-corrected chi connectivity index (χ1v) is 7.51. The summed E-state index contributed by atoms with van der Waals surface area (Å²) in [5.74, 6) is -0.111. The number of aromatic nitrogens is 1. The lowest BCUT2D eigenvalue weighted by Crippen LogP contribution is -2.26. The average molecular weight is 306 g/mol. The van der Waals surface area contributed by atoms with Crippen molar-refractivity contribution in [1.82, 2.24) is 4.68 Å². The number of amides is 1. The summed E-state index contributed by atoms with van der Waals surface area (Å²) in [4.78, 5) is 23.4. The van der Waals surface area contributed by atoms with Crippen molar-refractivity contribution in [3.63, 3.8) is 0 Å². The second-order valence-electron chi connectivity index (χ2n) is 5.63. The van der Waals surface area contributed by atoms with Gasteiger partial charge in [-0.1, -0.05) is 42.5 Å². The van der Waals surface area contributed by atoms with Gasteiger partial charge in [0.25, 0.3) is 0 Å². The monoisotopic (exact) mass is 306 g/mol. The van der Waals surface area contributed by atoms with Crippen LogP contribution in [-0.2, 0) is 11.2 Å². The van der Waals surface area contributed by atoms with Crippen LogP contribution in [-0.4, -0.2) is 16.9 Å². The minimum Gasteiger partial charge on any atom is -0.298 e. The van der Waals surface area contributed by atoms with Gasteiger partial charge in [0.2, 0.25) is 5.91 Å². The van der Waals surface area contributed by atoms with Gasteiger partial charge in [-0.05, 0) is 36.2 Å². The van der Waals surface area contributed by atoms with Gasteiger partial charge in [-0.15, -0.1) is 0 Å². The number of aldehydes is 1. The molecule has 1 N–H and O–H groups in total. The molecule has 0 atom stereocenters. The van der Waals surface area contributed by atoms with Gasteiger partial charge in [0.05, 0.1) is 6.42 Å². The molecule has 0 unspecified atom stereocenters. The Balaban J connectivity index is 1.85. The first kappa shape index (κ1) is 15.0. The molecule has 3 rings (SSSR count). The highest BCUT2D eigenvalue weighted by atomic mass is 16.2. The standard InChI is InChI=1S/C19H18N2O2/c1-13-10-17(12-22)14(2)21(13)20-19(23)11-16-8-5-7-15-6-3-4-9-18(15)16/h3-10,12H,11H2,1-2H3,(H,20,23). The topological polar surface area (TPSA) is 51.1 Å². The lowest BCUT2D eigenvalue weighted by Gasteiger charge is -2.12. The van der Waals surface area contributed by atoms with Crippen molar-refractivity contribution in [2.45, 2.75) is 20.3 Å². The molecule has 3 aromatic rings. The minimum atomic E-state index is -0.111. The number of nitrogens with zero attached hydrogens (tertiary/aromatic N) is 1. The van der Waals surface area contributed by atoms with Crippen molar-refractivity contribution in [1.29, 1.82) is 0 Å². The van der Waals surface area contributed by atoms with Crippen LogP contribution in [0.1, 0.15) is 27.3 Å². The van der Waals surface area contributed by atoms with Crippen molar-refractivity contribution in [2.24, 2.45) is 0 Å². The molecule has 0 radical (unpaired) electrons. The van der Waals surface area contributed by atoms with E-state index in [0.717, 1.165) is 34.0 Å². The van der Waals surface area contributed by atoms with Crippen LogP contribution in [0.15, 0.2) is 48.5 Å². The van der Waals surface area contributed by atoms with Gasteiger partial charge in [-0.3, -0.25) is 19.7 Å². The largest absolute Gasteiger partial charge is 0.298 e. The van der Waals surface area contributed by atoms with Gasteiger partial charge in [-0.2, -0.15) is 0 Å². The molecule has 0 saturated heterocycles. The predicted octanol–water partition coefficient (Wildman–Crippen LogP) is 3.38. The summed E-state index contributed by atoms with van der Waals surface area (Å²) in [5, 5.41) is 2.20. The molecule has 0 fully saturated rings. The Hall–Kier alpha value is -2.88. The van der Waals surface area contributed by atoms with Crippen LogP contribution in [0.5, 0.6) is 0 Å². The van der Waals surface area contributed by atoms with Crippen molar-refractivity contribution in [3.8, 4) is 0 Å². The van der Waals surface area contributed by atoms with Crippen LogP contribution in [0.25, 0.3) is 10.8 Å². The van der Waals surface area contributed by atoms with E-state index in [2.05, 4.69) is 5.43 Å². The van der Waals surface area contributed by atoms with E-state index in [-0.39, 0.29) is 12.3 Å². The van der Waals surface area contributed by atoms with Crippen LogP contribution < -0.4 is 5.43 Å². The number of hydrogen-bond donors (Lipinski definition) is 1. The Kier molecular flexibility index (Phi) is 3.98. The van der Waals surface area contributed by atoms with E-state index in [1.54, 1.807) is 10.7 Å². The van der Waals surface area contributed by atoms with Crippen molar-refractivity contribution < 1.29 is 9.59 Å². The number of hydrogen-bond acceptors (Lipinski definition) is 2. The highest BCUT2D eigenvalue weighted by Crippen LogP contribution is 2.19. The number of carbonyl (C=O) groups is 2. The lowest BCUT2D eigenvalue weighted by molar-refractivity contribution is -0.116. The Labute approximate surface area is 134 Å². The predicted molar refractivity (Wildman–Crippen MR) is 91.3 cm³/mol. The van der Waals surface area contributed by atoms with Crippen LogP contribution in [0, 0.1) is 13.8 Å². The fourth-order valence-electron chi connectivity index (χ4n) is 2.86. The number of nitrogens with one attached hydrogen (secondary N) is 1. The van der Waals surface area contributed by atoms with Crippen LogP contribution >= 0.6 is 0 Å². The van der Waals surface area contributed by atoms with E-state index < -0.39 is 0 Å². The number of fused-ring (bicyclic) bond motifs is 1. The Morgan fingerprint density at radius 3 is 2.61 bits per heavy atom. The average Bonchev–Trinajstić information content (AvgIpc) is 2.82. The molecule has 0 saturated carbocycles. The fourth-order valence-corrected chi connectivity index (χ4v) is 2.86. The molecule has 1 aromatic heterocycles. The van der Waals surface area contributed by atoms with Gasteiger partial charge in [0.15, 0.2) is 6.29 Å². The maximum atomic E-state index is 12.4. The quantitative estimate of drug-likeness (QED) is 0.751. The second-order valence-corrected chi connectivity index (χ2v) is 5.63. The molecule has 0 aliphatic heterocycles. The van der Waals surface area contributed by atoms with E-state index in [9.17, 15) is 9.59 Å². The summed E-state index contributed by atoms with van der Waals surface area (Å²) in [5.41, 5.74) is 6.01. The third kappa shape index (κ3) is 2.88. The number of carbonyl (C=O) groups excluding carboxylic acids is 2. The van der Waals surface area contributed by atoms with Crippen molar-refractivity contribution in [2.75, 3.05) is 5.43 Å². The third-order valence-corrected chi connectivity index (χ3v) is 4.06. The molecule has 0 spiro atoms. The third-order valence-electron chi connectivity index (χ3n) is 4.06. The molecule has 4 nitrogen and oxygen atoms in total. The number of rotatable bonds is 4. The first-order valence-electron chi connectivity index (χ1n) is 7.51. The Morgan fingerprint density at radius 2 is 1.87 bits per heavy atom. The van der Waals surface area contributed by atoms with Gasteiger partial charge in [0, 0.05) is 17.0 Å². The summed E-state index contributed by atoms with van der Waals surface area (Å²) in [7, 11) is 0. The number of aryl methyl sites for hydroxylation is 1. The molecule has 1 heterocycles. The molecule has 23 heavy (non-hydrogen) atoms. The van der Waals surface area contributed by atoms with Crippen molar-refractivity contribution in [3.05, 3.63) is 71.0 Å². The molecule has 1 amide bonds. The molecule has 116 valence electrons. The van der Waals surface area contributed by atoms with Crippen LogP contribution in [0.3, 0.4) is 0 Å². The molecule has 4 heteroatoms. The van der Waals surface area contributed by atoms with Crippen LogP contribution in [0.4, 0.5) is 0 Å². The molecule has 0 aliphatic rings. The Morgan fingerprint density at radius 1 is 1.13 bits per heavy atom. The SMILES string of the molecule is Cc1cc(C=O)c(C)n1NC(=O)Cc1cccc2ccccc12. The molecular formula is C19H18N2O2. The first-order chi connectivity index (χ1) is 11.1. The zero-order chi connectivity index (χ0) is 16.4. The van der Waals surface area contributed by atoms with Crippen molar-refractivity contribution >= 4 is 23.0 Å². The fraction of sp³-hybridized carbons (Fsp3) is 0.158. The Bertz CT molecular complexity index is 888. The summed E-state index contributed by atoms with van der Waals surface area (Å²) in [6.07, 6.45) is 1.09. The molecular weight excluding hydrogens is 288 g/mol. The van der Waals surface area contributed by atoms with Gasteiger partial charge >= 0.3 is 0 Å². The maximum absolute atomic E-state index is 12.4. The smallest absolute Gasteiger partial charge is 0.243 e. The zero-order valence-electron chi connectivity index (χ0n) is 13.2. The zero-order valence-corrected chi connectivity index (χ0v) is 13.2. The second kappa shape index (κ2) is 6.08. The number of benzene rings is 2. The van der Waals surface area contributed by atoms with Gasteiger partial charge < -0.3 is 0 Å². The maximum Gasteiger partial charge on any atom is 0.243 e. The van der Waals surface area contributed by atoms with Gasteiger partial charge in [0.1, 0.15) is 0 Å². The summed E-state index contributed by atoms with van der Waals surface area (Å²) in [6, 6.07) is 15.7. The minimum absolute atomic E-state index is 0.111. The van der Waals surface area contributed by atoms with E-state index in [4.69, 9.17) is 0 Å². The van der Waals surface area contributed by atoms with Crippen LogP contribution in [0.2, 0.25) is 0 Å². The van der Waals surface area contributed by atoms with E-state index in [1.165, 1.54) is 0 Å². The highest BCUT2D eigenvalue weighted by Gasteiger charge is 2.12. The molecule has 0 aliphatic carbocycles. The normalized spacial score (nSPS) is 10.7. The summed E-state index contributed by atoms with van der Waals surface area (Å²) in [6.45, 7) is 3.67. The lowest BCUT2D eigenvalue weighted by atomic mass is 10.0. The summed E-state index contributed by atoms with van der Waals surface area (Å²) >= 11 is 0. The van der Waals surface area contributed by atoms with E-state index >= 15 is 0 Å². The highest BCUT2D eigenvalue weighted by molar-refractivity contribution is 5.93. The van der Waals surface area contributed by atoms with E-state index in [0.29, 0.717) is 5.56 Å².